The lowest BCUT2D eigenvalue weighted by molar-refractivity contribution is -0.137. The lowest BCUT2D eigenvalue weighted by Gasteiger charge is -2.12. The van der Waals surface area contributed by atoms with Crippen LogP contribution in [0.15, 0.2) is 17.3 Å². The first-order valence-corrected chi connectivity index (χ1v) is 3.82. The molecule has 1 rings (SSSR count). The van der Waals surface area contributed by atoms with Gasteiger partial charge in [-0.25, -0.2) is 8.78 Å². The maximum Gasteiger partial charge on any atom is 0.417 e. The molecular weight excluding hydrogens is 235 g/mol. The summed E-state index contributed by atoms with van der Waals surface area (Å²) in [6.45, 7) is 0. The van der Waals surface area contributed by atoms with Crippen LogP contribution in [0.2, 0.25) is 0 Å². The second-order valence-electron chi connectivity index (χ2n) is 2.77. The molecule has 1 aromatic rings. The van der Waals surface area contributed by atoms with Crippen molar-refractivity contribution in [2.75, 3.05) is 0 Å². The van der Waals surface area contributed by atoms with Crippen LogP contribution in [0.4, 0.5) is 22.0 Å². The van der Waals surface area contributed by atoms with Crippen molar-refractivity contribution in [3.05, 3.63) is 34.9 Å². The Bertz CT molecular complexity index is 441. The van der Waals surface area contributed by atoms with E-state index < -0.39 is 34.8 Å². The fraction of sp³-hybridized carbons (Fsp3) is 0.125. The van der Waals surface area contributed by atoms with Crippen LogP contribution in [0.1, 0.15) is 11.1 Å². The number of oxime groups is 1. The summed E-state index contributed by atoms with van der Waals surface area (Å²) >= 11 is 0. The average Bonchev–Trinajstić information content (AvgIpc) is 2.19. The summed E-state index contributed by atoms with van der Waals surface area (Å²) < 4.78 is 62.9. The highest BCUT2D eigenvalue weighted by molar-refractivity contribution is 5.98. The molecule has 88 valence electrons. The third-order valence-electron chi connectivity index (χ3n) is 1.76. The van der Waals surface area contributed by atoms with Crippen molar-refractivity contribution >= 4 is 5.84 Å². The number of amidine groups is 1. The molecule has 16 heavy (non-hydrogen) atoms. The van der Waals surface area contributed by atoms with Crippen molar-refractivity contribution < 1.29 is 27.2 Å². The Hall–Kier alpha value is -1.86. The second kappa shape index (κ2) is 3.95. The molecule has 1 aromatic carbocycles. The molecule has 0 saturated heterocycles. The Balaban J connectivity index is 3.58. The van der Waals surface area contributed by atoms with E-state index in [9.17, 15) is 22.0 Å². The first-order valence-electron chi connectivity index (χ1n) is 3.82. The fourth-order valence-corrected chi connectivity index (χ4v) is 1.09. The maximum absolute atomic E-state index is 13.1. The van der Waals surface area contributed by atoms with E-state index in [0.29, 0.717) is 12.1 Å². The van der Waals surface area contributed by atoms with Gasteiger partial charge in [-0.2, -0.15) is 13.2 Å². The van der Waals surface area contributed by atoms with Gasteiger partial charge in [0.25, 0.3) is 0 Å². The van der Waals surface area contributed by atoms with Crippen LogP contribution in [0, 0.1) is 11.6 Å². The molecule has 3 N–H and O–H groups in total. The number of hydrogen-bond donors (Lipinski definition) is 2. The smallest absolute Gasteiger partial charge is 0.409 e. The van der Waals surface area contributed by atoms with Crippen molar-refractivity contribution in [2.45, 2.75) is 6.18 Å². The van der Waals surface area contributed by atoms with Crippen LogP contribution in [0.25, 0.3) is 0 Å². The van der Waals surface area contributed by atoms with E-state index in [2.05, 4.69) is 5.16 Å². The first-order chi connectivity index (χ1) is 7.29. The van der Waals surface area contributed by atoms with Gasteiger partial charge < -0.3 is 10.9 Å². The standard InChI is InChI=1S/C8H5F5N2O/c9-4-2-1-3(8(11,12)13)5(6(4)10)7(14)15-16/h1-2,16H,(H2,14,15). The van der Waals surface area contributed by atoms with Crippen molar-refractivity contribution in [3.63, 3.8) is 0 Å². The SMILES string of the molecule is NC(=NO)c1c(C(F)(F)F)ccc(F)c1F. The van der Waals surface area contributed by atoms with Gasteiger partial charge in [0.1, 0.15) is 0 Å². The molecule has 0 aliphatic heterocycles. The largest absolute Gasteiger partial charge is 0.417 e. The molecule has 3 nitrogen and oxygen atoms in total. The zero-order valence-corrected chi connectivity index (χ0v) is 7.52. The molecule has 0 atom stereocenters. The molecule has 0 radical (unpaired) electrons. The van der Waals surface area contributed by atoms with Gasteiger partial charge >= 0.3 is 6.18 Å². The summed E-state index contributed by atoms with van der Waals surface area (Å²) in [6.07, 6.45) is -4.93. The van der Waals surface area contributed by atoms with Crippen LogP contribution >= 0.6 is 0 Å². The van der Waals surface area contributed by atoms with Gasteiger partial charge in [-0.15, -0.1) is 0 Å². The Morgan fingerprint density at radius 2 is 1.81 bits per heavy atom. The van der Waals surface area contributed by atoms with E-state index in [0.717, 1.165) is 0 Å². The highest BCUT2D eigenvalue weighted by Crippen LogP contribution is 2.33. The minimum Gasteiger partial charge on any atom is -0.409 e. The van der Waals surface area contributed by atoms with Crippen molar-refractivity contribution in [1.29, 1.82) is 0 Å². The van der Waals surface area contributed by atoms with E-state index in [1.54, 1.807) is 0 Å². The lowest BCUT2D eigenvalue weighted by atomic mass is 10.1. The molecule has 0 heterocycles. The predicted octanol–water partition coefficient (Wildman–Crippen LogP) is 2.08. The van der Waals surface area contributed by atoms with Gasteiger partial charge in [-0.05, 0) is 12.1 Å². The third-order valence-corrected chi connectivity index (χ3v) is 1.76. The summed E-state index contributed by atoms with van der Waals surface area (Å²) in [5.41, 5.74) is 2.03. The highest BCUT2D eigenvalue weighted by Gasteiger charge is 2.36. The Kier molecular flexibility index (Phi) is 3.02. The molecular formula is C8H5F5N2O. The quantitative estimate of drug-likeness (QED) is 0.259. The number of rotatable bonds is 1. The monoisotopic (exact) mass is 240 g/mol. The first kappa shape index (κ1) is 12.2. The van der Waals surface area contributed by atoms with Gasteiger partial charge in [-0.1, -0.05) is 5.16 Å². The van der Waals surface area contributed by atoms with Gasteiger partial charge in [0.2, 0.25) is 0 Å². The maximum atomic E-state index is 13.1. The Labute approximate surface area is 86.0 Å². The summed E-state index contributed by atoms with van der Waals surface area (Å²) in [5.74, 6) is -4.48. The van der Waals surface area contributed by atoms with Crippen molar-refractivity contribution in [1.82, 2.24) is 0 Å². The number of nitrogens with two attached hydrogens (primary N) is 1. The van der Waals surface area contributed by atoms with E-state index in [4.69, 9.17) is 10.9 Å². The molecule has 0 saturated carbocycles. The normalized spacial score (nSPS) is 12.9. The van der Waals surface area contributed by atoms with E-state index in [1.807, 2.05) is 0 Å². The molecule has 0 aromatic heterocycles. The molecule has 0 aliphatic carbocycles. The lowest BCUT2D eigenvalue weighted by Crippen LogP contribution is -2.22. The van der Waals surface area contributed by atoms with Crippen LogP contribution in [0.3, 0.4) is 0 Å². The minimum absolute atomic E-state index is 0.311. The number of alkyl halides is 3. The molecule has 8 heteroatoms. The number of benzene rings is 1. The average molecular weight is 240 g/mol. The van der Waals surface area contributed by atoms with Gasteiger partial charge in [-0.3, -0.25) is 0 Å². The molecule has 0 unspecified atom stereocenters. The zero-order chi connectivity index (χ0) is 12.5. The Morgan fingerprint density at radius 3 is 2.25 bits per heavy atom. The second-order valence-corrected chi connectivity index (χ2v) is 2.77. The van der Waals surface area contributed by atoms with E-state index >= 15 is 0 Å². The van der Waals surface area contributed by atoms with Gasteiger partial charge in [0.15, 0.2) is 17.5 Å². The molecule has 0 bridgehead atoms. The summed E-state index contributed by atoms with van der Waals surface area (Å²) in [5, 5.41) is 10.4. The van der Waals surface area contributed by atoms with Crippen molar-refractivity contribution in [3.8, 4) is 0 Å². The molecule has 0 fully saturated rings. The molecule has 0 spiro atoms. The van der Waals surface area contributed by atoms with E-state index in [1.165, 1.54) is 0 Å². The molecule has 0 amide bonds. The summed E-state index contributed by atoms with van der Waals surface area (Å²) in [6, 6.07) is 0.623. The number of halogens is 5. The van der Waals surface area contributed by atoms with E-state index in [-0.39, 0.29) is 0 Å². The summed E-state index contributed by atoms with van der Waals surface area (Å²) in [7, 11) is 0. The van der Waals surface area contributed by atoms with Gasteiger partial charge in [0.05, 0.1) is 11.1 Å². The Morgan fingerprint density at radius 1 is 1.25 bits per heavy atom. The number of nitrogens with zero attached hydrogens (tertiary/aromatic N) is 1. The highest BCUT2D eigenvalue weighted by atomic mass is 19.4. The van der Waals surface area contributed by atoms with Crippen LogP contribution < -0.4 is 5.73 Å². The number of hydrogen-bond acceptors (Lipinski definition) is 2. The van der Waals surface area contributed by atoms with Gasteiger partial charge in [0, 0.05) is 0 Å². The predicted molar refractivity (Wildman–Crippen MR) is 43.9 cm³/mol. The third kappa shape index (κ3) is 2.05. The van der Waals surface area contributed by atoms with Crippen molar-refractivity contribution in [2.24, 2.45) is 10.9 Å². The topological polar surface area (TPSA) is 58.6 Å². The zero-order valence-electron chi connectivity index (χ0n) is 7.52. The van der Waals surface area contributed by atoms with Crippen LogP contribution in [0.5, 0.6) is 0 Å². The molecule has 0 aliphatic rings. The minimum atomic E-state index is -4.93. The summed E-state index contributed by atoms with van der Waals surface area (Å²) in [4.78, 5) is 0. The van der Waals surface area contributed by atoms with Crippen LogP contribution in [-0.4, -0.2) is 11.0 Å². The fourth-order valence-electron chi connectivity index (χ4n) is 1.09. The van der Waals surface area contributed by atoms with Crippen LogP contribution in [-0.2, 0) is 6.18 Å².